The van der Waals surface area contributed by atoms with Gasteiger partial charge in [-0.25, -0.2) is 17.8 Å². The number of carbonyl (C=O) groups is 1. The minimum atomic E-state index is -3.65. The van der Waals surface area contributed by atoms with Crippen molar-refractivity contribution < 1.29 is 17.6 Å². The lowest BCUT2D eigenvalue weighted by atomic mass is 9.78. The highest BCUT2D eigenvalue weighted by molar-refractivity contribution is 7.89. The second kappa shape index (κ2) is 8.94. The van der Waals surface area contributed by atoms with Gasteiger partial charge in [-0.2, -0.15) is 4.31 Å². The fourth-order valence-electron chi connectivity index (χ4n) is 4.96. The van der Waals surface area contributed by atoms with Crippen molar-refractivity contribution in [2.45, 2.75) is 55.9 Å². The number of sulfonamides is 1. The molecule has 1 aliphatic heterocycles. The molecule has 1 aromatic carbocycles. The number of halogens is 1. The minimum Gasteiger partial charge on any atom is -0.355 e. The second-order valence-electron chi connectivity index (χ2n) is 9.13. The smallest absolute Gasteiger partial charge is 0.262 e. The van der Waals surface area contributed by atoms with Crippen molar-refractivity contribution in [3.05, 3.63) is 47.7 Å². The molecular weight excluding hydrogens is 431 g/mol. The Morgan fingerprint density at radius 2 is 1.81 bits per heavy atom. The van der Waals surface area contributed by atoms with Gasteiger partial charge in [0.05, 0.1) is 0 Å². The monoisotopic (exact) mass is 462 g/mol. The second-order valence-corrected chi connectivity index (χ2v) is 11.0. The first kappa shape index (κ1) is 22.9. The fraction of sp³-hybridized carbons (Fsp3) is 0.565. The van der Waals surface area contributed by atoms with Gasteiger partial charge >= 0.3 is 0 Å². The maximum atomic E-state index is 13.4. The summed E-state index contributed by atoms with van der Waals surface area (Å²) in [6, 6.07) is 6.62. The van der Waals surface area contributed by atoms with Crippen LogP contribution < -0.4 is 5.32 Å². The van der Waals surface area contributed by atoms with Gasteiger partial charge in [0.1, 0.15) is 11.6 Å². The van der Waals surface area contributed by atoms with Crippen LogP contribution in [0.15, 0.2) is 35.5 Å². The third kappa shape index (κ3) is 4.45. The van der Waals surface area contributed by atoms with Crippen molar-refractivity contribution >= 4 is 15.9 Å². The van der Waals surface area contributed by atoms with E-state index < -0.39 is 10.0 Å². The summed E-state index contributed by atoms with van der Waals surface area (Å²) in [6.07, 6.45) is 6.63. The number of nitrogens with one attached hydrogen (secondary N) is 1. The van der Waals surface area contributed by atoms with Gasteiger partial charge in [0.2, 0.25) is 5.91 Å². The summed E-state index contributed by atoms with van der Waals surface area (Å²) in [5.74, 6) is 0.149. The van der Waals surface area contributed by atoms with Crippen LogP contribution in [-0.4, -0.2) is 47.8 Å². The number of carbonyl (C=O) groups excluding carboxylic acids is 1. The first-order chi connectivity index (χ1) is 15.2. The highest BCUT2D eigenvalue weighted by atomic mass is 32.2. The molecule has 1 amide bonds. The number of amides is 1. The van der Waals surface area contributed by atoms with E-state index in [1.165, 1.54) is 22.6 Å². The maximum absolute atomic E-state index is 13.4. The van der Waals surface area contributed by atoms with Gasteiger partial charge in [-0.1, -0.05) is 25.0 Å². The average molecular weight is 463 g/mol. The summed E-state index contributed by atoms with van der Waals surface area (Å²) in [7, 11) is -1.88. The molecule has 9 heteroatoms. The third-order valence-corrected chi connectivity index (χ3v) is 8.90. The van der Waals surface area contributed by atoms with E-state index in [4.69, 9.17) is 0 Å². The number of rotatable bonds is 6. The van der Waals surface area contributed by atoms with Gasteiger partial charge in [0.25, 0.3) is 10.0 Å². The van der Waals surface area contributed by atoms with E-state index in [1.54, 1.807) is 18.5 Å². The molecule has 1 N–H and O–H groups in total. The standard InChI is InChI=1S/C23H31FN4O3S/c1-17-26-21(15-27(17)2)32(30,31)28-13-9-18(10-14-28)22(29)25-16-23(11-3-4-12-23)19-5-7-20(24)8-6-19/h5-8,15,18H,3-4,9-14,16H2,1-2H3,(H,25,29). The molecule has 1 saturated heterocycles. The zero-order chi connectivity index (χ0) is 22.9. The Bertz CT molecular complexity index is 1050. The Balaban J connectivity index is 1.36. The summed E-state index contributed by atoms with van der Waals surface area (Å²) < 4.78 is 42.2. The van der Waals surface area contributed by atoms with Gasteiger partial charge in [-0.3, -0.25) is 4.79 Å². The number of aryl methyl sites for hydroxylation is 2. The van der Waals surface area contributed by atoms with Crippen molar-refractivity contribution in [2.75, 3.05) is 19.6 Å². The molecule has 0 unspecified atom stereocenters. The summed E-state index contributed by atoms with van der Waals surface area (Å²) in [5.41, 5.74) is 0.924. The number of benzene rings is 1. The Hall–Kier alpha value is -2.26. The van der Waals surface area contributed by atoms with E-state index in [9.17, 15) is 17.6 Å². The number of aromatic nitrogens is 2. The number of hydrogen-bond donors (Lipinski definition) is 1. The average Bonchev–Trinajstić information content (AvgIpc) is 3.40. The van der Waals surface area contributed by atoms with Crippen LogP contribution in [0.25, 0.3) is 0 Å². The molecule has 1 aliphatic carbocycles. The van der Waals surface area contributed by atoms with Gasteiger partial charge in [0, 0.05) is 44.2 Å². The van der Waals surface area contributed by atoms with Crippen LogP contribution in [0.2, 0.25) is 0 Å². The molecule has 32 heavy (non-hydrogen) atoms. The van der Waals surface area contributed by atoms with E-state index in [2.05, 4.69) is 10.3 Å². The maximum Gasteiger partial charge on any atom is 0.262 e. The predicted molar refractivity (Wildman–Crippen MR) is 119 cm³/mol. The molecule has 0 spiro atoms. The van der Waals surface area contributed by atoms with Crippen LogP contribution in [-0.2, 0) is 27.3 Å². The molecule has 2 fully saturated rings. The van der Waals surface area contributed by atoms with E-state index in [1.807, 2.05) is 12.1 Å². The Kier molecular flexibility index (Phi) is 6.40. The molecule has 0 bridgehead atoms. The summed E-state index contributed by atoms with van der Waals surface area (Å²) in [6.45, 7) is 2.90. The largest absolute Gasteiger partial charge is 0.355 e. The van der Waals surface area contributed by atoms with Crippen molar-refractivity contribution in [3.63, 3.8) is 0 Å². The van der Waals surface area contributed by atoms with Crippen molar-refractivity contribution in [1.82, 2.24) is 19.2 Å². The third-order valence-electron chi connectivity index (χ3n) is 7.13. The van der Waals surface area contributed by atoms with Crippen LogP contribution in [0.5, 0.6) is 0 Å². The van der Waals surface area contributed by atoms with E-state index >= 15 is 0 Å². The predicted octanol–water partition coefficient (Wildman–Crippen LogP) is 2.90. The molecule has 2 heterocycles. The quantitative estimate of drug-likeness (QED) is 0.716. The SMILES string of the molecule is Cc1nc(S(=O)(=O)N2CCC(C(=O)NCC3(c4ccc(F)cc4)CCCC3)CC2)cn1C. The van der Waals surface area contributed by atoms with E-state index in [0.717, 1.165) is 31.2 Å². The summed E-state index contributed by atoms with van der Waals surface area (Å²) >= 11 is 0. The van der Waals surface area contributed by atoms with Crippen molar-refractivity contribution in [2.24, 2.45) is 13.0 Å². The fourth-order valence-corrected chi connectivity index (χ4v) is 6.46. The first-order valence-electron chi connectivity index (χ1n) is 11.3. The lowest BCUT2D eigenvalue weighted by Gasteiger charge is -2.33. The molecule has 2 aliphatic rings. The molecular formula is C23H31FN4O3S. The lowest BCUT2D eigenvalue weighted by Crippen LogP contribution is -2.46. The molecule has 0 radical (unpaired) electrons. The van der Waals surface area contributed by atoms with Crippen LogP contribution in [0, 0.1) is 18.7 Å². The highest BCUT2D eigenvalue weighted by Gasteiger charge is 2.38. The zero-order valence-electron chi connectivity index (χ0n) is 18.7. The molecule has 0 atom stereocenters. The van der Waals surface area contributed by atoms with E-state index in [0.29, 0.717) is 38.3 Å². The summed E-state index contributed by atoms with van der Waals surface area (Å²) in [5, 5.41) is 3.19. The van der Waals surface area contributed by atoms with Crippen LogP contribution >= 0.6 is 0 Å². The summed E-state index contributed by atoms with van der Waals surface area (Å²) in [4.78, 5) is 17.1. The minimum absolute atomic E-state index is 0.0240. The van der Waals surface area contributed by atoms with Crippen LogP contribution in [0.3, 0.4) is 0 Å². The molecule has 7 nitrogen and oxygen atoms in total. The topological polar surface area (TPSA) is 84.3 Å². The number of imidazole rings is 1. The van der Waals surface area contributed by atoms with Gasteiger partial charge in [0.15, 0.2) is 5.03 Å². The molecule has 1 aromatic heterocycles. The first-order valence-corrected chi connectivity index (χ1v) is 12.7. The Labute approximate surface area is 189 Å². The van der Waals surface area contributed by atoms with Crippen molar-refractivity contribution in [3.8, 4) is 0 Å². The Morgan fingerprint density at radius 3 is 2.38 bits per heavy atom. The normalized spacial score (nSPS) is 19.8. The number of hydrogen-bond acceptors (Lipinski definition) is 4. The number of piperidine rings is 1. The molecule has 2 aromatic rings. The van der Waals surface area contributed by atoms with Gasteiger partial charge in [-0.15, -0.1) is 0 Å². The zero-order valence-corrected chi connectivity index (χ0v) is 19.5. The van der Waals surface area contributed by atoms with Crippen molar-refractivity contribution in [1.29, 1.82) is 0 Å². The molecule has 1 saturated carbocycles. The molecule has 174 valence electrons. The lowest BCUT2D eigenvalue weighted by molar-refractivity contribution is -0.126. The Morgan fingerprint density at radius 1 is 1.19 bits per heavy atom. The number of nitrogens with zero attached hydrogens (tertiary/aromatic N) is 3. The van der Waals surface area contributed by atoms with Gasteiger partial charge < -0.3 is 9.88 Å². The van der Waals surface area contributed by atoms with Gasteiger partial charge in [-0.05, 0) is 50.3 Å². The van der Waals surface area contributed by atoms with Crippen LogP contribution in [0.1, 0.15) is 49.9 Å². The van der Waals surface area contributed by atoms with E-state index in [-0.39, 0.29) is 28.1 Å². The highest BCUT2D eigenvalue weighted by Crippen LogP contribution is 2.40. The molecule has 4 rings (SSSR count). The van der Waals surface area contributed by atoms with Crippen LogP contribution in [0.4, 0.5) is 4.39 Å².